The van der Waals surface area contributed by atoms with Gasteiger partial charge in [-0.3, -0.25) is 9.59 Å². The van der Waals surface area contributed by atoms with Crippen molar-refractivity contribution in [3.05, 3.63) is 83.9 Å². The van der Waals surface area contributed by atoms with E-state index in [1.54, 1.807) is 25.3 Å². The van der Waals surface area contributed by atoms with E-state index in [-0.39, 0.29) is 31.1 Å². The number of hydrazone groups is 1. The molecule has 0 aliphatic carbocycles. The van der Waals surface area contributed by atoms with E-state index in [1.807, 2.05) is 59.6 Å². The Bertz CT molecular complexity index is 1440. The van der Waals surface area contributed by atoms with Gasteiger partial charge in [-0.2, -0.15) is 10.1 Å². The lowest BCUT2D eigenvalue weighted by Gasteiger charge is -2.23. The highest BCUT2D eigenvalue weighted by molar-refractivity contribution is 8.15. The lowest BCUT2D eigenvalue weighted by Crippen LogP contribution is -2.25. The van der Waals surface area contributed by atoms with E-state index in [0.29, 0.717) is 28.8 Å². The van der Waals surface area contributed by atoms with Crippen molar-refractivity contribution in [3.63, 3.8) is 0 Å². The topological polar surface area (TPSA) is 102 Å². The molecule has 192 valence electrons. The molecule has 0 radical (unpaired) electrons. The van der Waals surface area contributed by atoms with Crippen molar-refractivity contribution in [2.75, 3.05) is 19.2 Å². The molecule has 3 aliphatic rings. The van der Waals surface area contributed by atoms with Crippen LogP contribution in [0.1, 0.15) is 30.0 Å². The van der Waals surface area contributed by atoms with Gasteiger partial charge in [-0.1, -0.05) is 42.1 Å². The van der Waals surface area contributed by atoms with Crippen LogP contribution in [-0.4, -0.2) is 46.9 Å². The number of nitrogens with zero attached hydrogens (tertiary/aromatic N) is 3. The van der Waals surface area contributed by atoms with E-state index >= 15 is 0 Å². The number of ether oxygens (including phenoxy) is 3. The van der Waals surface area contributed by atoms with Gasteiger partial charge < -0.3 is 19.5 Å². The molecule has 0 aromatic heterocycles. The first-order chi connectivity index (χ1) is 18.6. The molecule has 2 atom stereocenters. The molecular weight excluding hydrogens is 504 g/mol. The number of hydrogen-bond donors (Lipinski definition) is 1. The predicted octanol–water partition coefficient (Wildman–Crippen LogP) is 4.60. The van der Waals surface area contributed by atoms with Crippen LogP contribution >= 0.6 is 11.8 Å². The third-order valence-corrected chi connectivity index (χ3v) is 7.61. The van der Waals surface area contributed by atoms with Gasteiger partial charge >= 0.3 is 0 Å². The lowest BCUT2D eigenvalue weighted by atomic mass is 9.98. The molecule has 0 unspecified atom stereocenters. The standard InChI is InChI=1S/C28H24N4O5S/c1-35-20-10-7-17(8-11-20)21-14-22(18-5-3-2-4-6-18)32(31-21)28-30-27(34)25(38-28)15-26(33)29-19-9-12-23-24(13-19)37-16-36-23/h2-13,22,25H,14-16H2,1H3,(H,29,33)/t22-,25-/m1/s1. The van der Waals surface area contributed by atoms with Crippen LogP contribution in [0.4, 0.5) is 5.69 Å². The second-order valence-electron chi connectivity index (χ2n) is 8.91. The fraction of sp³-hybridized carbons (Fsp3) is 0.214. The first-order valence-corrected chi connectivity index (χ1v) is 13.0. The number of amidine groups is 1. The Morgan fingerprint density at radius 3 is 2.66 bits per heavy atom. The van der Waals surface area contributed by atoms with Gasteiger partial charge in [0.2, 0.25) is 12.7 Å². The zero-order chi connectivity index (χ0) is 26.1. The van der Waals surface area contributed by atoms with Crippen molar-refractivity contribution < 1.29 is 23.8 Å². The predicted molar refractivity (Wildman–Crippen MR) is 145 cm³/mol. The minimum atomic E-state index is -0.629. The summed E-state index contributed by atoms with van der Waals surface area (Å²) in [4.78, 5) is 29.9. The molecular formula is C28H24N4O5S. The highest BCUT2D eigenvalue weighted by Gasteiger charge is 2.39. The highest BCUT2D eigenvalue weighted by Crippen LogP contribution is 2.39. The molecule has 9 nitrogen and oxygen atoms in total. The normalized spacial score (nSPS) is 19.8. The summed E-state index contributed by atoms with van der Waals surface area (Å²) in [5.74, 6) is 1.36. The molecule has 6 rings (SSSR count). The van der Waals surface area contributed by atoms with Crippen LogP contribution in [0.15, 0.2) is 82.9 Å². The van der Waals surface area contributed by atoms with Gasteiger partial charge in [-0.15, -0.1) is 0 Å². The van der Waals surface area contributed by atoms with Gasteiger partial charge in [0.05, 0.1) is 18.9 Å². The molecule has 10 heteroatoms. The van der Waals surface area contributed by atoms with Crippen LogP contribution in [0.5, 0.6) is 17.2 Å². The zero-order valence-electron chi connectivity index (χ0n) is 20.5. The molecule has 3 heterocycles. The van der Waals surface area contributed by atoms with Crippen molar-refractivity contribution >= 4 is 40.1 Å². The van der Waals surface area contributed by atoms with Gasteiger partial charge in [-0.05, 0) is 47.5 Å². The van der Waals surface area contributed by atoms with Gasteiger partial charge in [0, 0.05) is 24.6 Å². The first kappa shape index (κ1) is 24.1. The number of hydrogen-bond acceptors (Lipinski definition) is 8. The van der Waals surface area contributed by atoms with Crippen LogP contribution < -0.4 is 19.5 Å². The Kier molecular flexibility index (Phi) is 6.47. The van der Waals surface area contributed by atoms with E-state index in [2.05, 4.69) is 10.3 Å². The molecule has 3 aromatic rings. The Morgan fingerprint density at radius 1 is 1.08 bits per heavy atom. The maximum absolute atomic E-state index is 12.8. The second-order valence-corrected chi connectivity index (χ2v) is 10.1. The maximum atomic E-state index is 12.8. The molecule has 0 fully saturated rings. The molecule has 0 saturated heterocycles. The Morgan fingerprint density at radius 2 is 1.87 bits per heavy atom. The third kappa shape index (κ3) is 4.82. The van der Waals surface area contributed by atoms with Crippen molar-refractivity contribution in [2.45, 2.75) is 24.1 Å². The van der Waals surface area contributed by atoms with E-state index in [9.17, 15) is 9.59 Å². The molecule has 0 saturated carbocycles. The molecule has 0 bridgehead atoms. The number of fused-ring (bicyclic) bond motifs is 1. The SMILES string of the molecule is COc1ccc(C2=NN(C3=NC(=O)[C@@H](CC(=O)Nc4ccc5c(c4)OCO5)S3)[C@@H](c3ccccc3)C2)cc1. The molecule has 0 spiro atoms. The number of methoxy groups -OCH3 is 1. The summed E-state index contributed by atoms with van der Waals surface area (Å²) >= 11 is 1.27. The zero-order valence-corrected chi connectivity index (χ0v) is 21.3. The van der Waals surface area contributed by atoms with E-state index in [1.165, 1.54) is 11.8 Å². The van der Waals surface area contributed by atoms with Crippen molar-refractivity contribution in [2.24, 2.45) is 10.1 Å². The van der Waals surface area contributed by atoms with Crippen LogP contribution in [0.25, 0.3) is 0 Å². The fourth-order valence-electron chi connectivity index (χ4n) is 4.54. The number of rotatable bonds is 6. The van der Waals surface area contributed by atoms with Crippen LogP contribution in [0.3, 0.4) is 0 Å². The number of amides is 2. The van der Waals surface area contributed by atoms with Crippen molar-refractivity contribution in [1.29, 1.82) is 0 Å². The quantitative estimate of drug-likeness (QED) is 0.499. The van der Waals surface area contributed by atoms with E-state index in [0.717, 1.165) is 22.6 Å². The van der Waals surface area contributed by atoms with Crippen LogP contribution in [-0.2, 0) is 9.59 Å². The van der Waals surface area contributed by atoms with Crippen molar-refractivity contribution in [3.8, 4) is 17.2 Å². The highest BCUT2D eigenvalue weighted by atomic mass is 32.2. The Labute approximate surface area is 223 Å². The lowest BCUT2D eigenvalue weighted by molar-refractivity contribution is -0.121. The van der Waals surface area contributed by atoms with E-state index in [4.69, 9.17) is 19.3 Å². The Hall–Kier alpha value is -4.31. The summed E-state index contributed by atoms with van der Waals surface area (Å²) in [6, 6.07) is 22.8. The van der Waals surface area contributed by atoms with Gasteiger partial charge in [0.15, 0.2) is 16.7 Å². The van der Waals surface area contributed by atoms with Gasteiger partial charge in [0.25, 0.3) is 5.91 Å². The molecule has 3 aromatic carbocycles. The third-order valence-electron chi connectivity index (χ3n) is 6.47. The first-order valence-electron chi connectivity index (χ1n) is 12.1. The van der Waals surface area contributed by atoms with Crippen LogP contribution in [0, 0.1) is 0 Å². The number of aliphatic imine (C=N–C) groups is 1. The summed E-state index contributed by atoms with van der Waals surface area (Å²) in [7, 11) is 1.63. The second kappa shape index (κ2) is 10.2. The summed E-state index contributed by atoms with van der Waals surface area (Å²) in [5.41, 5.74) is 3.51. The van der Waals surface area contributed by atoms with Gasteiger partial charge in [-0.25, -0.2) is 5.01 Å². The molecule has 3 aliphatic heterocycles. The minimum Gasteiger partial charge on any atom is -0.497 e. The fourth-order valence-corrected chi connectivity index (χ4v) is 5.60. The number of carbonyl (C=O) groups excluding carboxylic acids is 2. The summed E-state index contributed by atoms with van der Waals surface area (Å²) in [6.45, 7) is 0.156. The number of thioether (sulfide) groups is 1. The number of benzene rings is 3. The smallest absolute Gasteiger partial charge is 0.262 e. The molecule has 38 heavy (non-hydrogen) atoms. The summed E-state index contributed by atoms with van der Waals surface area (Å²) in [6.07, 6.45) is 0.642. The minimum absolute atomic E-state index is 0.0101. The number of carbonyl (C=O) groups is 2. The number of nitrogens with one attached hydrogen (secondary N) is 1. The monoisotopic (exact) mass is 528 g/mol. The molecule has 2 amide bonds. The largest absolute Gasteiger partial charge is 0.497 e. The van der Waals surface area contributed by atoms with Crippen molar-refractivity contribution in [1.82, 2.24) is 5.01 Å². The number of anilines is 1. The molecule has 1 N–H and O–H groups in total. The van der Waals surface area contributed by atoms with Gasteiger partial charge in [0.1, 0.15) is 11.0 Å². The average molecular weight is 529 g/mol. The van der Waals surface area contributed by atoms with Crippen LogP contribution in [0.2, 0.25) is 0 Å². The Balaban J connectivity index is 1.18. The summed E-state index contributed by atoms with van der Waals surface area (Å²) < 4.78 is 16.0. The van der Waals surface area contributed by atoms with E-state index < -0.39 is 5.25 Å². The average Bonchev–Trinajstić information content (AvgIpc) is 3.68. The summed E-state index contributed by atoms with van der Waals surface area (Å²) in [5, 5.41) is 9.39. The maximum Gasteiger partial charge on any atom is 0.262 e.